The van der Waals surface area contributed by atoms with Crippen LogP contribution >= 0.6 is 0 Å². The number of carbonyl (C=O) groups excluding carboxylic acids is 1. The van der Waals surface area contributed by atoms with E-state index in [1.54, 1.807) is 31.5 Å². The number of ketones is 1. The van der Waals surface area contributed by atoms with Crippen LogP contribution in [0.1, 0.15) is 17.3 Å². The van der Waals surface area contributed by atoms with Gasteiger partial charge in [0.1, 0.15) is 5.75 Å². The van der Waals surface area contributed by atoms with Crippen LogP contribution in [0, 0.1) is 0 Å². The van der Waals surface area contributed by atoms with E-state index in [2.05, 4.69) is 5.32 Å². The summed E-state index contributed by atoms with van der Waals surface area (Å²) in [5.41, 5.74) is 1.32. The molecule has 5 heteroatoms. The number of nitrogens with one attached hydrogen (secondary N) is 1. The summed E-state index contributed by atoms with van der Waals surface area (Å²) < 4.78 is 15.9. The number of allylic oxidation sites excluding steroid dienone is 1. The molecule has 24 heavy (non-hydrogen) atoms. The third-order valence-corrected chi connectivity index (χ3v) is 3.33. The molecule has 126 valence electrons. The maximum absolute atomic E-state index is 12.3. The molecular formula is C19H21NO4. The van der Waals surface area contributed by atoms with E-state index in [0.29, 0.717) is 23.7 Å². The van der Waals surface area contributed by atoms with Gasteiger partial charge in [0, 0.05) is 17.8 Å². The van der Waals surface area contributed by atoms with Gasteiger partial charge >= 0.3 is 0 Å². The molecule has 5 nitrogen and oxygen atoms in total. The van der Waals surface area contributed by atoms with E-state index in [1.807, 2.05) is 31.2 Å². The molecule has 0 aliphatic rings. The van der Waals surface area contributed by atoms with Crippen LogP contribution in [0.5, 0.6) is 17.2 Å². The fourth-order valence-corrected chi connectivity index (χ4v) is 2.16. The maximum atomic E-state index is 12.3. The van der Waals surface area contributed by atoms with Crippen LogP contribution in [-0.4, -0.2) is 26.6 Å². The fraction of sp³-hybridized carbons (Fsp3) is 0.211. The minimum absolute atomic E-state index is 0.141. The van der Waals surface area contributed by atoms with Crippen LogP contribution in [-0.2, 0) is 0 Å². The Morgan fingerprint density at radius 2 is 1.79 bits per heavy atom. The van der Waals surface area contributed by atoms with Crippen LogP contribution in [0.25, 0.3) is 0 Å². The van der Waals surface area contributed by atoms with Crippen LogP contribution < -0.4 is 19.5 Å². The van der Waals surface area contributed by atoms with Crippen molar-refractivity contribution in [3.05, 3.63) is 60.3 Å². The number of rotatable bonds is 8. The molecule has 0 fully saturated rings. The summed E-state index contributed by atoms with van der Waals surface area (Å²) in [6.07, 6.45) is 3.06. The highest BCUT2D eigenvalue weighted by Gasteiger charge is 2.08. The number of anilines is 1. The Balaban J connectivity index is 2.08. The molecular weight excluding hydrogens is 306 g/mol. The molecule has 0 aliphatic carbocycles. The largest absolute Gasteiger partial charge is 0.493 e. The Bertz CT molecular complexity index is 725. The Morgan fingerprint density at radius 1 is 1.04 bits per heavy atom. The zero-order valence-electron chi connectivity index (χ0n) is 14.0. The number of para-hydroxylation sites is 2. The molecule has 0 aromatic heterocycles. The average Bonchev–Trinajstić information content (AvgIpc) is 2.62. The van der Waals surface area contributed by atoms with Gasteiger partial charge in [-0.3, -0.25) is 4.79 Å². The number of ether oxygens (including phenoxy) is 3. The molecule has 0 heterocycles. The zero-order valence-corrected chi connectivity index (χ0v) is 14.0. The second-order valence-electron chi connectivity index (χ2n) is 4.84. The first-order chi connectivity index (χ1) is 11.7. The summed E-state index contributed by atoms with van der Waals surface area (Å²) in [6, 6.07) is 12.6. The van der Waals surface area contributed by atoms with Gasteiger partial charge in [-0.1, -0.05) is 12.1 Å². The topological polar surface area (TPSA) is 56.8 Å². The molecule has 1 N–H and O–H groups in total. The second-order valence-corrected chi connectivity index (χ2v) is 4.84. The third-order valence-electron chi connectivity index (χ3n) is 3.33. The smallest absolute Gasteiger partial charge is 0.187 e. The van der Waals surface area contributed by atoms with Gasteiger partial charge in [0.15, 0.2) is 17.3 Å². The van der Waals surface area contributed by atoms with Gasteiger partial charge < -0.3 is 19.5 Å². The average molecular weight is 327 g/mol. The van der Waals surface area contributed by atoms with Crippen LogP contribution in [0.3, 0.4) is 0 Å². The van der Waals surface area contributed by atoms with Crippen LogP contribution in [0.4, 0.5) is 5.69 Å². The summed E-state index contributed by atoms with van der Waals surface area (Å²) >= 11 is 0. The van der Waals surface area contributed by atoms with E-state index >= 15 is 0 Å². The van der Waals surface area contributed by atoms with Crippen molar-refractivity contribution in [1.29, 1.82) is 0 Å². The quantitative estimate of drug-likeness (QED) is 0.588. The predicted molar refractivity (Wildman–Crippen MR) is 94.3 cm³/mol. The van der Waals surface area contributed by atoms with E-state index in [9.17, 15) is 4.79 Å². The van der Waals surface area contributed by atoms with Gasteiger partial charge in [-0.2, -0.15) is 0 Å². The molecule has 0 atom stereocenters. The molecule has 2 aromatic carbocycles. The number of methoxy groups -OCH3 is 2. The molecule has 0 amide bonds. The van der Waals surface area contributed by atoms with Gasteiger partial charge in [-0.15, -0.1) is 0 Å². The summed E-state index contributed by atoms with van der Waals surface area (Å²) in [5.74, 6) is 1.70. The minimum Gasteiger partial charge on any atom is -0.493 e. The van der Waals surface area contributed by atoms with Crippen molar-refractivity contribution >= 4 is 11.5 Å². The van der Waals surface area contributed by atoms with Crippen molar-refractivity contribution in [2.75, 3.05) is 26.1 Å². The molecule has 0 radical (unpaired) electrons. The van der Waals surface area contributed by atoms with E-state index in [1.165, 1.54) is 13.2 Å². The first kappa shape index (κ1) is 17.4. The van der Waals surface area contributed by atoms with Gasteiger partial charge in [-0.25, -0.2) is 0 Å². The molecule has 0 unspecified atom stereocenters. The van der Waals surface area contributed by atoms with Crippen molar-refractivity contribution in [3.8, 4) is 17.2 Å². The molecule has 0 bridgehead atoms. The highest BCUT2D eigenvalue weighted by Crippen LogP contribution is 2.28. The number of hydrogen-bond acceptors (Lipinski definition) is 5. The van der Waals surface area contributed by atoms with Crippen LogP contribution in [0.2, 0.25) is 0 Å². The zero-order chi connectivity index (χ0) is 17.4. The van der Waals surface area contributed by atoms with Gasteiger partial charge in [0.25, 0.3) is 0 Å². The summed E-state index contributed by atoms with van der Waals surface area (Å²) in [5, 5.41) is 3.07. The van der Waals surface area contributed by atoms with Crippen molar-refractivity contribution in [2.45, 2.75) is 6.92 Å². The van der Waals surface area contributed by atoms with Gasteiger partial charge in [0.2, 0.25) is 0 Å². The Kier molecular flexibility index (Phi) is 6.25. The predicted octanol–water partition coefficient (Wildman–Crippen LogP) is 3.91. The van der Waals surface area contributed by atoms with Crippen molar-refractivity contribution < 1.29 is 19.0 Å². The fourth-order valence-electron chi connectivity index (χ4n) is 2.16. The number of carbonyl (C=O) groups is 1. The molecule has 2 aromatic rings. The van der Waals surface area contributed by atoms with E-state index in [0.717, 1.165) is 11.4 Å². The Morgan fingerprint density at radius 3 is 2.50 bits per heavy atom. The number of benzene rings is 2. The van der Waals surface area contributed by atoms with E-state index in [-0.39, 0.29) is 5.78 Å². The third kappa shape index (κ3) is 4.29. The normalized spacial score (nSPS) is 10.5. The van der Waals surface area contributed by atoms with Gasteiger partial charge in [0.05, 0.1) is 26.5 Å². The number of hydrogen-bond donors (Lipinski definition) is 1. The lowest BCUT2D eigenvalue weighted by Gasteiger charge is -2.09. The summed E-state index contributed by atoms with van der Waals surface area (Å²) in [6.45, 7) is 2.50. The van der Waals surface area contributed by atoms with Crippen molar-refractivity contribution in [1.82, 2.24) is 0 Å². The minimum atomic E-state index is -0.141. The lowest BCUT2D eigenvalue weighted by molar-refractivity contribution is 0.104. The standard InChI is InChI=1S/C19H21NO4/c1-4-24-17-8-6-5-7-15(17)20-12-11-16(21)14-9-10-18(22-2)19(13-14)23-3/h5-13,20H,4H2,1-3H3/b12-11-. The van der Waals surface area contributed by atoms with Gasteiger partial charge in [-0.05, 0) is 37.3 Å². The van der Waals surface area contributed by atoms with E-state index < -0.39 is 0 Å². The highest BCUT2D eigenvalue weighted by molar-refractivity contribution is 6.05. The highest BCUT2D eigenvalue weighted by atomic mass is 16.5. The van der Waals surface area contributed by atoms with E-state index in [4.69, 9.17) is 14.2 Å². The molecule has 2 rings (SSSR count). The first-order valence-corrected chi connectivity index (χ1v) is 7.60. The Hall–Kier alpha value is -2.95. The monoisotopic (exact) mass is 327 g/mol. The summed E-state index contributed by atoms with van der Waals surface area (Å²) in [7, 11) is 3.09. The van der Waals surface area contributed by atoms with Crippen molar-refractivity contribution in [2.24, 2.45) is 0 Å². The lowest BCUT2D eigenvalue weighted by Crippen LogP contribution is -2.00. The maximum Gasteiger partial charge on any atom is 0.187 e. The second kappa shape index (κ2) is 8.62. The molecule has 0 spiro atoms. The molecule has 0 saturated carbocycles. The SMILES string of the molecule is CCOc1ccccc1N/C=C\C(=O)c1ccc(OC)c(OC)c1. The molecule has 0 saturated heterocycles. The molecule has 0 aliphatic heterocycles. The lowest BCUT2D eigenvalue weighted by atomic mass is 10.1. The summed E-state index contributed by atoms with van der Waals surface area (Å²) in [4.78, 5) is 12.3. The first-order valence-electron chi connectivity index (χ1n) is 7.60. The van der Waals surface area contributed by atoms with Crippen molar-refractivity contribution in [3.63, 3.8) is 0 Å². The van der Waals surface area contributed by atoms with Crippen LogP contribution in [0.15, 0.2) is 54.7 Å². The Labute approximate surface area is 141 Å².